The van der Waals surface area contributed by atoms with E-state index >= 15 is 0 Å². The van der Waals surface area contributed by atoms with Crippen molar-refractivity contribution in [2.45, 2.75) is 13.0 Å². The Balaban J connectivity index is 1.50. The predicted octanol–water partition coefficient (Wildman–Crippen LogP) is 2.78. The van der Waals surface area contributed by atoms with Gasteiger partial charge in [0.1, 0.15) is 12.1 Å². The van der Waals surface area contributed by atoms with Gasteiger partial charge >= 0.3 is 0 Å². The Hall–Kier alpha value is -2.67. The Kier molecular flexibility index (Phi) is 4.01. The second-order valence-electron chi connectivity index (χ2n) is 6.00. The number of hydrogen-bond donors (Lipinski definition) is 1. The summed E-state index contributed by atoms with van der Waals surface area (Å²) in [5.74, 6) is 1.02. The van der Waals surface area contributed by atoms with Crippen molar-refractivity contribution >= 4 is 32.4 Å². The van der Waals surface area contributed by atoms with E-state index in [1.165, 1.54) is 4.31 Å². The zero-order valence-electron chi connectivity index (χ0n) is 13.6. The van der Waals surface area contributed by atoms with Crippen LogP contribution in [0.1, 0.15) is 12.0 Å². The van der Waals surface area contributed by atoms with Crippen molar-refractivity contribution in [2.24, 2.45) is 0 Å². The van der Waals surface area contributed by atoms with Crippen molar-refractivity contribution in [1.29, 1.82) is 0 Å². The fourth-order valence-corrected chi connectivity index (χ4v) is 4.61. The maximum atomic E-state index is 12.0. The lowest BCUT2D eigenvalue weighted by Crippen LogP contribution is -2.24. The molecule has 0 atom stereocenters. The van der Waals surface area contributed by atoms with Crippen LogP contribution in [0.15, 0.2) is 54.9 Å². The highest BCUT2D eigenvalue weighted by molar-refractivity contribution is 7.93. The van der Waals surface area contributed by atoms with Crippen molar-refractivity contribution in [3.63, 3.8) is 0 Å². The lowest BCUT2D eigenvalue weighted by molar-refractivity contribution is 0.599. The van der Waals surface area contributed by atoms with Crippen LogP contribution < -0.4 is 9.62 Å². The van der Waals surface area contributed by atoms with Crippen molar-refractivity contribution < 1.29 is 8.42 Å². The highest BCUT2D eigenvalue weighted by Crippen LogP contribution is 2.24. The lowest BCUT2D eigenvalue weighted by Gasteiger charge is -2.17. The molecule has 25 heavy (non-hydrogen) atoms. The number of nitrogens with zero attached hydrogens (tertiary/aromatic N) is 3. The summed E-state index contributed by atoms with van der Waals surface area (Å²) in [6.07, 6.45) is 2.23. The molecule has 4 rings (SSSR count). The summed E-state index contributed by atoms with van der Waals surface area (Å²) in [5.41, 5.74) is 2.69. The van der Waals surface area contributed by atoms with Gasteiger partial charge in [0.2, 0.25) is 10.0 Å². The maximum Gasteiger partial charge on any atom is 0.235 e. The van der Waals surface area contributed by atoms with E-state index in [0.717, 1.165) is 28.0 Å². The van der Waals surface area contributed by atoms with Crippen molar-refractivity contribution in [2.75, 3.05) is 21.9 Å². The van der Waals surface area contributed by atoms with E-state index in [1.54, 1.807) is 6.33 Å². The van der Waals surface area contributed by atoms with Crippen LogP contribution in [-0.2, 0) is 16.6 Å². The van der Waals surface area contributed by atoms with Gasteiger partial charge in [-0.05, 0) is 36.2 Å². The van der Waals surface area contributed by atoms with E-state index in [4.69, 9.17) is 0 Å². The Morgan fingerprint density at radius 1 is 1.04 bits per heavy atom. The molecule has 6 nitrogen and oxygen atoms in total. The molecule has 0 saturated carbocycles. The van der Waals surface area contributed by atoms with E-state index in [2.05, 4.69) is 15.3 Å². The van der Waals surface area contributed by atoms with Crippen molar-refractivity contribution in [3.05, 3.63) is 60.4 Å². The minimum Gasteiger partial charge on any atom is -0.365 e. The number of rotatable bonds is 4. The number of sulfonamides is 1. The molecule has 1 N–H and O–H groups in total. The molecule has 1 fully saturated rings. The topological polar surface area (TPSA) is 75.2 Å². The zero-order chi connectivity index (χ0) is 17.3. The number of para-hydroxylation sites is 1. The molecule has 0 amide bonds. The molecule has 7 heteroatoms. The summed E-state index contributed by atoms with van der Waals surface area (Å²) < 4.78 is 25.5. The molecule has 1 aromatic heterocycles. The first kappa shape index (κ1) is 15.8. The molecule has 1 saturated heterocycles. The second kappa shape index (κ2) is 6.33. The van der Waals surface area contributed by atoms with E-state index in [0.29, 0.717) is 19.5 Å². The Morgan fingerprint density at radius 3 is 2.60 bits per heavy atom. The monoisotopic (exact) mass is 354 g/mol. The summed E-state index contributed by atoms with van der Waals surface area (Å²) in [5, 5.41) is 4.30. The van der Waals surface area contributed by atoms with Gasteiger partial charge in [0.15, 0.2) is 0 Å². The van der Waals surface area contributed by atoms with Crippen LogP contribution >= 0.6 is 0 Å². The Bertz CT molecular complexity index is 998. The highest BCUT2D eigenvalue weighted by atomic mass is 32.2. The lowest BCUT2D eigenvalue weighted by atomic mass is 10.2. The van der Waals surface area contributed by atoms with Crippen LogP contribution in [0.5, 0.6) is 0 Å². The molecular formula is C18H18N4O2S. The minimum atomic E-state index is -3.13. The smallest absolute Gasteiger partial charge is 0.235 e. The first-order valence-corrected chi connectivity index (χ1v) is 9.77. The first-order valence-electron chi connectivity index (χ1n) is 8.16. The first-order chi connectivity index (χ1) is 12.1. The fourth-order valence-electron chi connectivity index (χ4n) is 3.04. The molecule has 2 aromatic carbocycles. The van der Waals surface area contributed by atoms with Crippen molar-refractivity contribution in [3.8, 4) is 0 Å². The Labute approximate surface area is 146 Å². The van der Waals surface area contributed by atoms with Gasteiger partial charge in [-0.3, -0.25) is 4.31 Å². The average molecular weight is 354 g/mol. The molecule has 0 aliphatic carbocycles. The second-order valence-corrected chi connectivity index (χ2v) is 8.01. The van der Waals surface area contributed by atoms with Crippen LogP contribution in [0.2, 0.25) is 0 Å². The van der Waals surface area contributed by atoms with E-state index in [-0.39, 0.29) is 5.75 Å². The third-order valence-electron chi connectivity index (χ3n) is 4.33. The average Bonchev–Trinajstić information content (AvgIpc) is 2.99. The third kappa shape index (κ3) is 3.15. The van der Waals surface area contributed by atoms with Gasteiger partial charge in [-0.15, -0.1) is 0 Å². The summed E-state index contributed by atoms with van der Waals surface area (Å²) >= 11 is 0. The predicted molar refractivity (Wildman–Crippen MR) is 99.1 cm³/mol. The third-order valence-corrected chi connectivity index (χ3v) is 6.20. The largest absolute Gasteiger partial charge is 0.365 e. The van der Waals surface area contributed by atoms with Crippen LogP contribution in [0.25, 0.3) is 10.9 Å². The van der Waals surface area contributed by atoms with E-state index in [1.807, 2.05) is 48.5 Å². The molecule has 128 valence electrons. The SMILES string of the molecule is O=S1(=O)CCCN1c1ccc(CNc2ncnc3ccccc23)cc1. The van der Waals surface area contributed by atoms with Gasteiger partial charge in [0.05, 0.1) is 17.0 Å². The van der Waals surface area contributed by atoms with Crippen LogP contribution in [0.4, 0.5) is 11.5 Å². The summed E-state index contributed by atoms with van der Waals surface area (Å²) in [6, 6.07) is 15.5. The van der Waals surface area contributed by atoms with E-state index in [9.17, 15) is 8.42 Å². The molecule has 1 aliphatic rings. The molecule has 3 aromatic rings. The number of hydrogen-bond acceptors (Lipinski definition) is 5. The molecule has 0 unspecified atom stereocenters. The summed E-state index contributed by atoms with van der Waals surface area (Å²) in [6.45, 7) is 1.17. The highest BCUT2D eigenvalue weighted by Gasteiger charge is 2.28. The number of benzene rings is 2. The molecule has 0 radical (unpaired) electrons. The van der Waals surface area contributed by atoms with E-state index < -0.39 is 10.0 Å². The fraction of sp³-hybridized carbons (Fsp3) is 0.222. The molecule has 2 heterocycles. The van der Waals surface area contributed by atoms with Gasteiger partial charge in [-0.25, -0.2) is 18.4 Å². The van der Waals surface area contributed by atoms with Gasteiger partial charge in [0.25, 0.3) is 0 Å². The molecule has 1 aliphatic heterocycles. The number of fused-ring (bicyclic) bond motifs is 1. The van der Waals surface area contributed by atoms with Crippen LogP contribution in [0, 0.1) is 0 Å². The van der Waals surface area contributed by atoms with Gasteiger partial charge in [-0.1, -0.05) is 24.3 Å². The minimum absolute atomic E-state index is 0.233. The maximum absolute atomic E-state index is 12.0. The number of nitrogens with one attached hydrogen (secondary N) is 1. The van der Waals surface area contributed by atoms with Crippen LogP contribution in [0.3, 0.4) is 0 Å². The summed E-state index contributed by atoms with van der Waals surface area (Å²) in [4.78, 5) is 8.56. The van der Waals surface area contributed by atoms with Crippen molar-refractivity contribution in [1.82, 2.24) is 9.97 Å². The van der Waals surface area contributed by atoms with Gasteiger partial charge in [0, 0.05) is 18.5 Å². The molecule has 0 spiro atoms. The molecular weight excluding hydrogens is 336 g/mol. The van der Waals surface area contributed by atoms with Gasteiger partial charge in [-0.2, -0.15) is 0 Å². The number of anilines is 2. The zero-order valence-corrected chi connectivity index (χ0v) is 14.4. The van der Waals surface area contributed by atoms with Gasteiger partial charge < -0.3 is 5.32 Å². The normalized spacial score (nSPS) is 16.2. The summed E-state index contributed by atoms with van der Waals surface area (Å²) in [7, 11) is -3.13. The number of aromatic nitrogens is 2. The quantitative estimate of drug-likeness (QED) is 0.780. The van der Waals surface area contributed by atoms with Crippen LogP contribution in [-0.4, -0.2) is 30.7 Å². The Morgan fingerprint density at radius 2 is 1.84 bits per heavy atom. The molecule has 0 bridgehead atoms. The standard InChI is InChI=1S/C18H18N4O2S/c23-25(24)11-3-10-22(25)15-8-6-14(7-9-15)12-19-18-16-4-1-2-5-17(16)20-13-21-18/h1-2,4-9,13H,3,10-12H2,(H,19,20,21).